The van der Waals surface area contributed by atoms with Crippen molar-refractivity contribution < 1.29 is 76.4 Å². The van der Waals surface area contributed by atoms with Gasteiger partial charge >= 0.3 is 5.97 Å². The number of carboxylic acids is 1. The Kier molecular flexibility index (Phi) is 13.6. The molecule has 2 saturated heterocycles. The van der Waals surface area contributed by atoms with Gasteiger partial charge in [-0.05, 0) is 32.1 Å². The highest BCUT2D eigenvalue weighted by Gasteiger charge is 2.54. The maximum atomic E-state index is 14.3. The Bertz CT molecular complexity index is 1030. The van der Waals surface area contributed by atoms with E-state index in [0.29, 0.717) is 0 Å². The average Bonchev–Trinajstić information content (AvgIpc) is 3.01. The summed E-state index contributed by atoms with van der Waals surface area (Å²) in [4.78, 5) is 24.6. The van der Waals surface area contributed by atoms with E-state index in [1.54, 1.807) is 0 Å². The van der Waals surface area contributed by atoms with Crippen LogP contribution in [0.3, 0.4) is 0 Å². The van der Waals surface area contributed by atoms with E-state index in [1.807, 2.05) is 0 Å². The number of hydrogen-bond acceptors (Lipinski definition) is 11. The maximum absolute atomic E-state index is 14.3. The third-order valence-electron chi connectivity index (χ3n) is 9.65. The van der Waals surface area contributed by atoms with Crippen molar-refractivity contribution in [1.29, 1.82) is 0 Å². The SMILES string of the molecule is CC(=O)N[C@H]1[C@H](OC2CCC[C@H](C(F)F)[C@H]2OC2O[C@@H](C)[C@@H](O)[C@H](O)[C@@H]2O)O[C@H](C(F)F)[C@H](O)[C@@H]1OC(CC1CCCCC1)C(=O)O. The molecule has 0 spiro atoms. The zero-order valence-corrected chi connectivity index (χ0v) is 26.3. The van der Waals surface area contributed by atoms with Crippen molar-refractivity contribution in [3.63, 3.8) is 0 Å². The zero-order valence-electron chi connectivity index (χ0n) is 26.3. The predicted octanol–water partition coefficient (Wildman–Crippen LogP) is 1.31. The molecule has 0 aromatic carbocycles. The molecule has 0 radical (unpaired) electrons. The van der Waals surface area contributed by atoms with E-state index in [4.69, 9.17) is 23.7 Å². The van der Waals surface area contributed by atoms with Gasteiger partial charge in [-0.1, -0.05) is 38.5 Å². The van der Waals surface area contributed by atoms with Crippen LogP contribution in [0, 0.1) is 11.8 Å². The van der Waals surface area contributed by atoms with Gasteiger partial charge in [-0.2, -0.15) is 0 Å². The van der Waals surface area contributed by atoms with Gasteiger partial charge < -0.3 is 54.5 Å². The second-order valence-electron chi connectivity index (χ2n) is 13.1. The number of aliphatic hydroxyl groups excluding tert-OH is 4. The molecule has 272 valence electrons. The number of hydrogen-bond donors (Lipinski definition) is 6. The molecule has 2 aliphatic heterocycles. The van der Waals surface area contributed by atoms with Gasteiger partial charge in [0.1, 0.15) is 42.7 Å². The second kappa shape index (κ2) is 16.8. The van der Waals surface area contributed by atoms with Gasteiger partial charge in [0.15, 0.2) is 18.7 Å². The van der Waals surface area contributed by atoms with Crippen LogP contribution >= 0.6 is 0 Å². The second-order valence-corrected chi connectivity index (χ2v) is 13.1. The molecular formula is C30H47F4NO12. The lowest BCUT2D eigenvalue weighted by atomic mass is 9.84. The fraction of sp³-hybridized carbons (Fsp3) is 0.933. The largest absolute Gasteiger partial charge is 0.479 e. The topological polar surface area (TPSA) is 193 Å². The lowest BCUT2D eigenvalue weighted by Crippen LogP contribution is -2.67. The molecule has 2 saturated carbocycles. The number of aliphatic hydroxyl groups is 4. The van der Waals surface area contributed by atoms with Gasteiger partial charge in [0.25, 0.3) is 6.43 Å². The summed E-state index contributed by atoms with van der Waals surface area (Å²) >= 11 is 0. The van der Waals surface area contributed by atoms with E-state index >= 15 is 0 Å². The molecule has 2 heterocycles. The van der Waals surface area contributed by atoms with Gasteiger partial charge in [0.05, 0.1) is 18.3 Å². The Morgan fingerprint density at radius 1 is 0.809 bits per heavy atom. The first-order valence-corrected chi connectivity index (χ1v) is 16.2. The first-order valence-electron chi connectivity index (χ1n) is 16.2. The molecular weight excluding hydrogens is 642 g/mol. The minimum absolute atomic E-state index is 0.0230. The monoisotopic (exact) mass is 689 g/mol. The summed E-state index contributed by atoms with van der Waals surface area (Å²) in [6.45, 7) is 2.45. The maximum Gasteiger partial charge on any atom is 0.332 e. The molecule has 47 heavy (non-hydrogen) atoms. The molecule has 1 amide bonds. The van der Waals surface area contributed by atoms with Crippen molar-refractivity contribution in [3.05, 3.63) is 0 Å². The number of carbonyl (C=O) groups is 2. The fourth-order valence-corrected chi connectivity index (χ4v) is 7.09. The third-order valence-corrected chi connectivity index (χ3v) is 9.65. The number of rotatable bonds is 12. The number of carbonyl (C=O) groups excluding carboxylic acids is 1. The van der Waals surface area contributed by atoms with Crippen LogP contribution in [0.25, 0.3) is 0 Å². The van der Waals surface area contributed by atoms with Gasteiger partial charge in [-0.3, -0.25) is 4.79 Å². The molecule has 0 aromatic rings. The van der Waals surface area contributed by atoms with Crippen LogP contribution in [0.2, 0.25) is 0 Å². The Morgan fingerprint density at radius 3 is 2.09 bits per heavy atom. The van der Waals surface area contributed by atoms with E-state index in [1.165, 1.54) is 6.92 Å². The fourth-order valence-electron chi connectivity index (χ4n) is 7.09. The van der Waals surface area contributed by atoms with Gasteiger partial charge in [-0.25, -0.2) is 22.4 Å². The average molecular weight is 690 g/mol. The van der Waals surface area contributed by atoms with Crippen LogP contribution in [0.15, 0.2) is 0 Å². The standard InChI is InChI=1S/C30H47F4NO12/c1-12-19(37)20(38)21(39)30(43-12)46-23-15(26(31)32)9-6-10-16(23)45-29-18(35-13(2)36)24(22(40)25(47-29)27(33)34)44-17(28(41)42)11-14-7-4-3-5-8-14/h12,14-27,29-30,37-40H,3-11H2,1-2H3,(H,35,36)(H,41,42)/t12-,15-,16?,17?,18+,19+,20-,21-,22+,23+,24+,25-,29+,30?/m0/s1. The Labute approximate surface area is 269 Å². The number of alkyl halides is 4. The minimum atomic E-state index is -3.32. The quantitative estimate of drug-likeness (QED) is 0.161. The van der Waals surface area contributed by atoms with Crippen LogP contribution in [-0.4, -0.2) is 130 Å². The first-order chi connectivity index (χ1) is 22.2. The van der Waals surface area contributed by atoms with Crippen molar-refractivity contribution in [2.45, 2.75) is 164 Å². The molecule has 13 nitrogen and oxygen atoms in total. The summed E-state index contributed by atoms with van der Waals surface area (Å²) in [6, 6.07) is -1.56. The van der Waals surface area contributed by atoms with Crippen LogP contribution in [0.4, 0.5) is 17.6 Å². The number of nitrogens with one attached hydrogen (secondary N) is 1. The minimum Gasteiger partial charge on any atom is -0.479 e. The van der Waals surface area contributed by atoms with Crippen LogP contribution in [0.1, 0.15) is 71.6 Å². The Balaban J connectivity index is 1.62. The lowest BCUT2D eigenvalue weighted by Gasteiger charge is -2.48. The van der Waals surface area contributed by atoms with Crippen LogP contribution in [0.5, 0.6) is 0 Å². The molecule has 4 fully saturated rings. The summed E-state index contributed by atoms with van der Waals surface area (Å²) < 4.78 is 85.6. The van der Waals surface area contributed by atoms with Crippen molar-refractivity contribution >= 4 is 11.9 Å². The van der Waals surface area contributed by atoms with Crippen LogP contribution < -0.4 is 5.32 Å². The van der Waals surface area contributed by atoms with Crippen molar-refractivity contribution in [3.8, 4) is 0 Å². The highest BCUT2D eigenvalue weighted by molar-refractivity contribution is 5.73. The number of amides is 1. The highest BCUT2D eigenvalue weighted by Crippen LogP contribution is 2.39. The number of aliphatic carboxylic acids is 1. The predicted molar refractivity (Wildman–Crippen MR) is 151 cm³/mol. The normalized spacial score (nSPS) is 41.1. The molecule has 4 rings (SSSR count). The lowest BCUT2D eigenvalue weighted by molar-refractivity contribution is -0.344. The number of carboxylic acid groups (broad SMARTS) is 1. The third kappa shape index (κ3) is 9.30. The van der Waals surface area contributed by atoms with Crippen molar-refractivity contribution in [1.82, 2.24) is 5.32 Å². The molecule has 0 aromatic heterocycles. The van der Waals surface area contributed by atoms with Crippen LogP contribution in [-0.2, 0) is 33.3 Å². The molecule has 17 heteroatoms. The van der Waals surface area contributed by atoms with E-state index in [-0.39, 0.29) is 31.6 Å². The summed E-state index contributed by atoms with van der Waals surface area (Å²) in [6.07, 6.45) is -22.1. The van der Waals surface area contributed by atoms with Gasteiger partial charge in [0.2, 0.25) is 12.3 Å². The molecule has 2 aliphatic carbocycles. The number of halogens is 4. The highest BCUT2D eigenvalue weighted by atomic mass is 19.3. The molecule has 3 unspecified atom stereocenters. The zero-order chi connectivity index (χ0) is 34.6. The molecule has 14 atom stereocenters. The molecule has 6 N–H and O–H groups in total. The van der Waals surface area contributed by atoms with E-state index in [0.717, 1.165) is 39.0 Å². The summed E-state index contributed by atoms with van der Waals surface area (Å²) in [5.41, 5.74) is 0. The Morgan fingerprint density at radius 2 is 1.49 bits per heavy atom. The van der Waals surface area contributed by atoms with E-state index in [2.05, 4.69) is 5.32 Å². The summed E-state index contributed by atoms with van der Waals surface area (Å²) in [5.74, 6) is -3.66. The van der Waals surface area contributed by atoms with Crippen molar-refractivity contribution in [2.24, 2.45) is 11.8 Å². The van der Waals surface area contributed by atoms with Gasteiger partial charge in [-0.15, -0.1) is 0 Å². The summed E-state index contributed by atoms with van der Waals surface area (Å²) in [7, 11) is 0. The van der Waals surface area contributed by atoms with Crippen molar-refractivity contribution in [2.75, 3.05) is 0 Å². The first kappa shape index (κ1) is 38.1. The molecule has 0 bridgehead atoms. The number of ether oxygens (including phenoxy) is 5. The van der Waals surface area contributed by atoms with E-state index < -0.39 is 110 Å². The Hall–Kier alpha value is -1.70. The van der Waals surface area contributed by atoms with Gasteiger partial charge in [0, 0.05) is 12.8 Å². The molecule has 4 aliphatic rings. The van der Waals surface area contributed by atoms with E-state index in [9.17, 15) is 52.7 Å². The smallest absolute Gasteiger partial charge is 0.332 e. The summed E-state index contributed by atoms with van der Waals surface area (Å²) in [5, 5.41) is 54.2.